The molecule has 1 amide bonds. The molecule has 98 valence electrons. The summed E-state index contributed by atoms with van der Waals surface area (Å²) in [5.41, 5.74) is 0. The molecule has 0 aromatic carbocycles. The summed E-state index contributed by atoms with van der Waals surface area (Å²) >= 11 is 0. The first-order valence-electron chi connectivity index (χ1n) is 6.78. The smallest absolute Gasteiger partial charge is 0.223 e. The Bertz CT molecular complexity index is 274. The first kappa shape index (κ1) is 12.8. The summed E-state index contributed by atoms with van der Waals surface area (Å²) in [7, 11) is 2.12. The highest BCUT2D eigenvalue weighted by Crippen LogP contribution is 2.23. The standard InChI is InChI=1S/C13H25N3O/c1-11-10-16(12(11)2)5-4-13(17)15-8-6-14(3)7-9-15/h11-12H,4-10H2,1-3H3/t11-,12-/m0/s1. The quantitative estimate of drug-likeness (QED) is 0.717. The fourth-order valence-corrected chi connectivity index (χ4v) is 2.66. The highest BCUT2D eigenvalue weighted by atomic mass is 16.2. The van der Waals surface area contributed by atoms with Crippen LogP contribution >= 0.6 is 0 Å². The molecule has 2 atom stereocenters. The van der Waals surface area contributed by atoms with Crippen LogP contribution in [0.5, 0.6) is 0 Å². The molecule has 2 rings (SSSR count). The van der Waals surface area contributed by atoms with E-state index in [0.29, 0.717) is 18.4 Å². The summed E-state index contributed by atoms with van der Waals surface area (Å²) < 4.78 is 0. The maximum Gasteiger partial charge on any atom is 0.223 e. The zero-order valence-corrected chi connectivity index (χ0v) is 11.4. The minimum atomic E-state index is 0.338. The summed E-state index contributed by atoms with van der Waals surface area (Å²) in [5.74, 6) is 1.14. The third-order valence-corrected chi connectivity index (χ3v) is 4.39. The van der Waals surface area contributed by atoms with Gasteiger partial charge in [0.1, 0.15) is 0 Å². The van der Waals surface area contributed by atoms with E-state index in [1.54, 1.807) is 0 Å². The minimum Gasteiger partial charge on any atom is -0.340 e. The number of piperazine rings is 1. The van der Waals surface area contributed by atoms with Gasteiger partial charge in [-0.05, 0) is 19.9 Å². The molecular weight excluding hydrogens is 214 g/mol. The Morgan fingerprint density at radius 3 is 2.35 bits per heavy atom. The van der Waals surface area contributed by atoms with Gasteiger partial charge in [0, 0.05) is 51.7 Å². The lowest BCUT2D eigenvalue weighted by Crippen LogP contribution is -2.54. The predicted molar refractivity (Wildman–Crippen MR) is 68.9 cm³/mol. The molecule has 2 aliphatic heterocycles. The van der Waals surface area contributed by atoms with Crippen LogP contribution in [0.15, 0.2) is 0 Å². The average Bonchev–Trinajstić information content (AvgIpc) is 2.34. The predicted octanol–water partition coefficient (Wildman–Crippen LogP) is 0.491. The van der Waals surface area contributed by atoms with Crippen LogP contribution < -0.4 is 0 Å². The summed E-state index contributed by atoms with van der Waals surface area (Å²) in [4.78, 5) is 18.7. The van der Waals surface area contributed by atoms with Gasteiger partial charge in [0.05, 0.1) is 0 Å². The SMILES string of the molecule is C[C@H]1CN(CCC(=O)N2CCN(C)CC2)[C@H]1C. The molecule has 2 heterocycles. The van der Waals surface area contributed by atoms with E-state index in [-0.39, 0.29) is 0 Å². The Labute approximate surface area is 105 Å². The van der Waals surface area contributed by atoms with Gasteiger partial charge in [0.15, 0.2) is 0 Å². The Balaban J connectivity index is 1.67. The van der Waals surface area contributed by atoms with E-state index in [9.17, 15) is 4.79 Å². The van der Waals surface area contributed by atoms with Crippen LogP contribution in [0, 0.1) is 5.92 Å². The third kappa shape index (κ3) is 2.99. The number of carbonyl (C=O) groups is 1. The number of hydrogen-bond donors (Lipinski definition) is 0. The molecule has 2 saturated heterocycles. The van der Waals surface area contributed by atoms with Crippen LogP contribution in [0.4, 0.5) is 0 Å². The van der Waals surface area contributed by atoms with Gasteiger partial charge in [-0.2, -0.15) is 0 Å². The molecular formula is C13H25N3O. The molecule has 0 radical (unpaired) electrons. The van der Waals surface area contributed by atoms with Gasteiger partial charge in [0.2, 0.25) is 5.91 Å². The fraction of sp³-hybridized carbons (Fsp3) is 0.923. The summed E-state index contributed by atoms with van der Waals surface area (Å²) in [5, 5.41) is 0. The molecule has 0 bridgehead atoms. The van der Waals surface area contributed by atoms with E-state index in [1.165, 1.54) is 0 Å². The Morgan fingerprint density at radius 1 is 1.18 bits per heavy atom. The topological polar surface area (TPSA) is 26.8 Å². The van der Waals surface area contributed by atoms with Crippen molar-refractivity contribution in [2.24, 2.45) is 5.92 Å². The Morgan fingerprint density at radius 2 is 1.82 bits per heavy atom. The van der Waals surface area contributed by atoms with Crippen molar-refractivity contribution in [2.45, 2.75) is 26.3 Å². The molecule has 0 aromatic heterocycles. The van der Waals surface area contributed by atoms with Gasteiger partial charge in [0.25, 0.3) is 0 Å². The van der Waals surface area contributed by atoms with Crippen LogP contribution in [-0.4, -0.2) is 73.0 Å². The average molecular weight is 239 g/mol. The maximum absolute atomic E-state index is 12.0. The highest BCUT2D eigenvalue weighted by molar-refractivity contribution is 5.76. The van der Waals surface area contributed by atoms with Crippen molar-refractivity contribution in [1.29, 1.82) is 0 Å². The highest BCUT2D eigenvalue weighted by Gasteiger charge is 2.31. The van der Waals surface area contributed by atoms with Crippen molar-refractivity contribution in [2.75, 3.05) is 46.3 Å². The molecule has 2 fully saturated rings. The van der Waals surface area contributed by atoms with E-state index < -0.39 is 0 Å². The van der Waals surface area contributed by atoms with Crippen LogP contribution in [0.1, 0.15) is 20.3 Å². The lowest BCUT2D eigenvalue weighted by atomic mass is 9.92. The second-order valence-electron chi connectivity index (χ2n) is 5.65. The fourth-order valence-electron chi connectivity index (χ4n) is 2.66. The molecule has 17 heavy (non-hydrogen) atoms. The van der Waals surface area contributed by atoms with Crippen LogP contribution in [0.2, 0.25) is 0 Å². The second-order valence-corrected chi connectivity index (χ2v) is 5.65. The molecule has 4 nitrogen and oxygen atoms in total. The summed E-state index contributed by atoms with van der Waals surface area (Å²) in [6.07, 6.45) is 0.695. The monoisotopic (exact) mass is 239 g/mol. The van der Waals surface area contributed by atoms with Gasteiger partial charge in [-0.15, -0.1) is 0 Å². The normalized spacial score (nSPS) is 31.4. The summed E-state index contributed by atoms with van der Waals surface area (Å²) in [6, 6.07) is 0.662. The maximum atomic E-state index is 12.0. The van der Waals surface area contributed by atoms with E-state index >= 15 is 0 Å². The van der Waals surface area contributed by atoms with Crippen molar-refractivity contribution in [3.05, 3.63) is 0 Å². The molecule has 0 N–H and O–H groups in total. The number of nitrogens with zero attached hydrogens (tertiary/aromatic N) is 3. The lowest BCUT2D eigenvalue weighted by Gasteiger charge is -2.45. The third-order valence-electron chi connectivity index (χ3n) is 4.39. The van der Waals surface area contributed by atoms with Gasteiger partial charge in [-0.25, -0.2) is 0 Å². The number of likely N-dealkylation sites (tertiary alicyclic amines) is 1. The molecule has 2 aliphatic rings. The largest absolute Gasteiger partial charge is 0.340 e. The zero-order chi connectivity index (χ0) is 12.4. The Hall–Kier alpha value is -0.610. The molecule has 0 saturated carbocycles. The number of amides is 1. The first-order valence-corrected chi connectivity index (χ1v) is 6.78. The van der Waals surface area contributed by atoms with E-state index in [0.717, 1.165) is 45.2 Å². The lowest BCUT2D eigenvalue weighted by molar-refractivity contribution is -0.133. The van der Waals surface area contributed by atoms with Crippen molar-refractivity contribution in [3.63, 3.8) is 0 Å². The molecule has 0 spiro atoms. The Kier molecular flexibility index (Phi) is 4.05. The van der Waals surface area contributed by atoms with Crippen LogP contribution in [0.25, 0.3) is 0 Å². The van der Waals surface area contributed by atoms with E-state index in [2.05, 4.69) is 30.7 Å². The molecule has 0 unspecified atom stereocenters. The zero-order valence-electron chi connectivity index (χ0n) is 11.4. The number of likely N-dealkylation sites (N-methyl/N-ethyl adjacent to an activating group) is 1. The van der Waals surface area contributed by atoms with Crippen molar-refractivity contribution < 1.29 is 4.79 Å². The van der Waals surface area contributed by atoms with Crippen molar-refractivity contribution in [3.8, 4) is 0 Å². The molecule has 0 aromatic rings. The number of carbonyl (C=O) groups excluding carboxylic acids is 1. The van der Waals surface area contributed by atoms with Gasteiger partial charge in [-0.3, -0.25) is 9.69 Å². The summed E-state index contributed by atoms with van der Waals surface area (Å²) in [6.45, 7) is 10.5. The van der Waals surface area contributed by atoms with Gasteiger partial charge < -0.3 is 9.80 Å². The van der Waals surface area contributed by atoms with Crippen molar-refractivity contribution >= 4 is 5.91 Å². The minimum absolute atomic E-state index is 0.338. The van der Waals surface area contributed by atoms with E-state index in [4.69, 9.17) is 0 Å². The van der Waals surface area contributed by atoms with Gasteiger partial charge in [-0.1, -0.05) is 6.92 Å². The number of rotatable bonds is 3. The number of hydrogen-bond acceptors (Lipinski definition) is 3. The molecule has 4 heteroatoms. The van der Waals surface area contributed by atoms with Crippen LogP contribution in [0.3, 0.4) is 0 Å². The molecule has 0 aliphatic carbocycles. The van der Waals surface area contributed by atoms with Gasteiger partial charge >= 0.3 is 0 Å². The van der Waals surface area contributed by atoms with Crippen molar-refractivity contribution in [1.82, 2.24) is 14.7 Å². The second kappa shape index (κ2) is 5.36. The van der Waals surface area contributed by atoms with Crippen LogP contribution in [-0.2, 0) is 4.79 Å². The van der Waals surface area contributed by atoms with E-state index in [1.807, 2.05) is 4.90 Å². The first-order chi connectivity index (χ1) is 8.08.